The van der Waals surface area contributed by atoms with E-state index in [9.17, 15) is 14.7 Å². The molecule has 21 heavy (non-hydrogen) atoms. The maximum Gasteiger partial charge on any atom is 0.306 e. The topological polar surface area (TPSA) is 86.6 Å². The van der Waals surface area contributed by atoms with Crippen molar-refractivity contribution in [2.45, 2.75) is 43.6 Å². The first kappa shape index (κ1) is 15.5. The summed E-state index contributed by atoms with van der Waals surface area (Å²) in [5, 5.41) is 21.4. The number of hydrogen-bond donors (Lipinski definition) is 3. The van der Waals surface area contributed by atoms with E-state index in [1.807, 2.05) is 30.3 Å². The zero-order chi connectivity index (χ0) is 15.5. The molecule has 1 fully saturated rings. The SMILES string of the molecule is CC(O)(CNC(=O)C1(c2ccccc2)CCC1)CC(=O)O. The zero-order valence-corrected chi connectivity index (χ0v) is 12.1. The zero-order valence-electron chi connectivity index (χ0n) is 12.1. The number of aliphatic hydroxyl groups is 1. The number of carbonyl (C=O) groups is 2. The van der Waals surface area contributed by atoms with Gasteiger partial charge in [-0.2, -0.15) is 0 Å². The van der Waals surface area contributed by atoms with Crippen LogP contribution in [0.5, 0.6) is 0 Å². The predicted molar refractivity (Wildman–Crippen MR) is 77.9 cm³/mol. The summed E-state index contributed by atoms with van der Waals surface area (Å²) in [6.07, 6.45) is 2.16. The maximum absolute atomic E-state index is 12.5. The molecule has 0 spiro atoms. The van der Waals surface area contributed by atoms with E-state index in [0.29, 0.717) is 0 Å². The van der Waals surface area contributed by atoms with Crippen molar-refractivity contribution in [2.24, 2.45) is 0 Å². The van der Waals surface area contributed by atoms with Gasteiger partial charge in [0.25, 0.3) is 0 Å². The number of rotatable bonds is 6. The molecule has 114 valence electrons. The summed E-state index contributed by atoms with van der Waals surface area (Å²) in [5.74, 6) is -1.22. The Labute approximate surface area is 124 Å². The van der Waals surface area contributed by atoms with Crippen LogP contribution in [0.15, 0.2) is 30.3 Å². The van der Waals surface area contributed by atoms with Gasteiger partial charge in [-0.25, -0.2) is 0 Å². The van der Waals surface area contributed by atoms with Crippen LogP contribution in [0.3, 0.4) is 0 Å². The standard InChI is InChI=1S/C16H21NO4/c1-15(21,10-13(18)19)11-17-14(20)16(8-5-9-16)12-6-3-2-4-7-12/h2-4,6-7,21H,5,8-11H2,1H3,(H,17,20)(H,18,19). The minimum atomic E-state index is -1.44. The van der Waals surface area contributed by atoms with Crippen LogP contribution in [0, 0.1) is 0 Å². The Balaban J connectivity index is 2.04. The average Bonchev–Trinajstić information content (AvgIpc) is 2.35. The molecule has 2 rings (SSSR count). The minimum absolute atomic E-state index is 0.0628. The highest BCUT2D eigenvalue weighted by molar-refractivity contribution is 5.89. The van der Waals surface area contributed by atoms with Crippen LogP contribution < -0.4 is 5.32 Å². The van der Waals surface area contributed by atoms with Gasteiger partial charge in [0.15, 0.2) is 0 Å². The first-order chi connectivity index (χ1) is 9.86. The molecule has 5 nitrogen and oxygen atoms in total. The fourth-order valence-corrected chi connectivity index (χ4v) is 2.76. The monoisotopic (exact) mass is 291 g/mol. The highest BCUT2D eigenvalue weighted by atomic mass is 16.4. The molecule has 0 radical (unpaired) electrons. The lowest BCUT2D eigenvalue weighted by molar-refractivity contribution is -0.143. The Kier molecular flexibility index (Phi) is 4.32. The van der Waals surface area contributed by atoms with Crippen LogP contribution >= 0.6 is 0 Å². The molecule has 1 atom stereocenters. The van der Waals surface area contributed by atoms with Crippen LogP contribution in [-0.4, -0.2) is 34.2 Å². The number of carbonyl (C=O) groups excluding carboxylic acids is 1. The number of aliphatic carboxylic acids is 1. The molecule has 0 aromatic heterocycles. The summed E-state index contributed by atoms with van der Waals surface area (Å²) in [6, 6.07) is 9.60. The van der Waals surface area contributed by atoms with Gasteiger partial charge < -0.3 is 15.5 Å². The lowest BCUT2D eigenvalue weighted by Gasteiger charge is -2.41. The number of nitrogens with one attached hydrogen (secondary N) is 1. The first-order valence-corrected chi connectivity index (χ1v) is 7.14. The fraction of sp³-hybridized carbons (Fsp3) is 0.500. The van der Waals surface area contributed by atoms with E-state index in [4.69, 9.17) is 5.11 Å². The van der Waals surface area contributed by atoms with Gasteiger partial charge in [-0.05, 0) is 25.3 Å². The molecule has 0 bridgehead atoms. The van der Waals surface area contributed by atoms with Crippen molar-refractivity contribution in [3.05, 3.63) is 35.9 Å². The van der Waals surface area contributed by atoms with Gasteiger partial charge in [-0.3, -0.25) is 9.59 Å². The summed E-state index contributed by atoms with van der Waals surface area (Å²) >= 11 is 0. The molecule has 1 amide bonds. The van der Waals surface area contributed by atoms with Crippen LogP contribution in [0.2, 0.25) is 0 Å². The third-order valence-electron chi connectivity index (χ3n) is 4.13. The minimum Gasteiger partial charge on any atom is -0.481 e. The summed E-state index contributed by atoms with van der Waals surface area (Å²) in [6.45, 7) is 1.35. The van der Waals surface area contributed by atoms with Crippen molar-refractivity contribution in [3.63, 3.8) is 0 Å². The molecule has 1 aromatic carbocycles. The average molecular weight is 291 g/mol. The van der Waals surface area contributed by atoms with Crippen LogP contribution in [-0.2, 0) is 15.0 Å². The van der Waals surface area contributed by atoms with Crippen LogP contribution in [0.4, 0.5) is 0 Å². The van der Waals surface area contributed by atoms with Crippen molar-refractivity contribution in [3.8, 4) is 0 Å². The largest absolute Gasteiger partial charge is 0.481 e. The second kappa shape index (κ2) is 5.85. The van der Waals surface area contributed by atoms with Gasteiger partial charge in [0.05, 0.1) is 17.4 Å². The molecule has 0 heterocycles. The number of carboxylic acids is 1. The molecular formula is C16H21NO4. The highest BCUT2D eigenvalue weighted by Crippen LogP contribution is 2.43. The normalized spacial score (nSPS) is 19.1. The molecule has 1 aliphatic rings. The molecule has 1 saturated carbocycles. The quantitative estimate of drug-likeness (QED) is 0.740. The third kappa shape index (κ3) is 3.42. The molecule has 3 N–H and O–H groups in total. The van der Waals surface area contributed by atoms with E-state index < -0.39 is 23.4 Å². The van der Waals surface area contributed by atoms with Crippen LogP contribution in [0.1, 0.15) is 38.2 Å². The fourth-order valence-electron chi connectivity index (χ4n) is 2.76. The maximum atomic E-state index is 12.5. The smallest absolute Gasteiger partial charge is 0.306 e. The lowest BCUT2D eigenvalue weighted by atomic mass is 9.64. The Morgan fingerprint density at radius 1 is 1.29 bits per heavy atom. The Morgan fingerprint density at radius 2 is 1.90 bits per heavy atom. The van der Waals surface area contributed by atoms with Crippen molar-refractivity contribution in [1.29, 1.82) is 0 Å². The predicted octanol–water partition coefficient (Wildman–Crippen LogP) is 1.45. The number of benzene rings is 1. The lowest BCUT2D eigenvalue weighted by Crippen LogP contribution is -2.52. The van der Waals surface area contributed by atoms with Gasteiger partial charge >= 0.3 is 5.97 Å². The molecule has 1 aromatic rings. The molecular weight excluding hydrogens is 270 g/mol. The summed E-state index contributed by atoms with van der Waals surface area (Å²) in [5.41, 5.74) is -0.990. The van der Waals surface area contributed by atoms with E-state index in [0.717, 1.165) is 24.8 Å². The summed E-state index contributed by atoms with van der Waals surface area (Å²) in [7, 11) is 0. The second-order valence-corrected chi connectivity index (χ2v) is 6.05. The first-order valence-electron chi connectivity index (χ1n) is 7.14. The molecule has 1 unspecified atom stereocenters. The van der Waals surface area contributed by atoms with Crippen LogP contribution in [0.25, 0.3) is 0 Å². The van der Waals surface area contributed by atoms with Crippen molar-refractivity contribution in [1.82, 2.24) is 5.32 Å². The van der Waals surface area contributed by atoms with Gasteiger partial charge in [0.2, 0.25) is 5.91 Å². The molecule has 0 saturated heterocycles. The number of hydrogen-bond acceptors (Lipinski definition) is 3. The highest BCUT2D eigenvalue weighted by Gasteiger charge is 2.45. The Bertz CT molecular complexity index is 520. The number of amides is 1. The molecule has 0 aliphatic heterocycles. The van der Waals surface area contributed by atoms with Gasteiger partial charge in [0.1, 0.15) is 0 Å². The van der Waals surface area contributed by atoms with Crippen molar-refractivity contribution in [2.75, 3.05) is 6.54 Å². The van der Waals surface area contributed by atoms with E-state index in [1.54, 1.807) is 0 Å². The van der Waals surface area contributed by atoms with Gasteiger partial charge in [-0.15, -0.1) is 0 Å². The second-order valence-electron chi connectivity index (χ2n) is 6.05. The van der Waals surface area contributed by atoms with E-state index in [-0.39, 0.29) is 12.5 Å². The van der Waals surface area contributed by atoms with Gasteiger partial charge in [-0.1, -0.05) is 36.8 Å². The summed E-state index contributed by atoms with van der Waals surface area (Å²) in [4.78, 5) is 23.2. The van der Waals surface area contributed by atoms with E-state index in [2.05, 4.69) is 5.32 Å². The van der Waals surface area contributed by atoms with E-state index >= 15 is 0 Å². The Hall–Kier alpha value is -1.88. The third-order valence-corrected chi connectivity index (χ3v) is 4.13. The van der Waals surface area contributed by atoms with Crippen molar-refractivity contribution < 1.29 is 19.8 Å². The number of carboxylic acid groups (broad SMARTS) is 1. The molecule has 5 heteroatoms. The molecule has 1 aliphatic carbocycles. The Morgan fingerprint density at radius 3 is 2.38 bits per heavy atom. The van der Waals surface area contributed by atoms with E-state index in [1.165, 1.54) is 6.92 Å². The summed E-state index contributed by atoms with van der Waals surface area (Å²) < 4.78 is 0. The van der Waals surface area contributed by atoms with Crippen molar-refractivity contribution >= 4 is 11.9 Å². The van der Waals surface area contributed by atoms with Gasteiger partial charge in [0, 0.05) is 6.54 Å².